The lowest BCUT2D eigenvalue weighted by molar-refractivity contribution is 0.0935. The van der Waals surface area contributed by atoms with Crippen molar-refractivity contribution in [3.63, 3.8) is 0 Å². The van der Waals surface area contributed by atoms with Crippen LogP contribution in [0.2, 0.25) is 0 Å². The van der Waals surface area contributed by atoms with Crippen LogP contribution in [-0.4, -0.2) is 12.6 Å². The van der Waals surface area contributed by atoms with E-state index in [0.29, 0.717) is 0 Å². The van der Waals surface area contributed by atoms with Crippen LogP contribution in [0.5, 0.6) is 0 Å². The van der Waals surface area contributed by atoms with Crippen molar-refractivity contribution >= 4 is 0 Å². The summed E-state index contributed by atoms with van der Waals surface area (Å²) in [4.78, 5) is 0. The van der Waals surface area contributed by atoms with Crippen LogP contribution in [0.4, 0.5) is 0 Å². The Kier molecular flexibility index (Phi) is 3.24. The third-order valence-corrected chi connectivity index (χ3v) is 5.39. The average molecular weight is 221 g/mol. The van der Waals surface area contributed by atoms with Crippen LogP contribution in [0.15, 0.2) is 0 Å². The van der Waals surface area contributed by atoms with E-state index in [1.54, 1.807) is 0 Å². The van der Waals surface area contributed by atoms with Crippen LogP contribution in [0, 0.1) is 11.3 Å². The highest BCUT2D eigenvalue weighted by Crippen LogP contribution is 2.56. The van der Waals surface area contributed by atoms with Crippen molar-refractivity contribution in [1.29, 1.82) is 0 Å². The maximum atomic E-state index is 3.93. The molecule has 1 N–H and O–H groups in total. The van der Waals surface area contributed by atoms with Crippen molar-refractivity contribution < 1.29 is 0 Å². The van der Waals surface area contributed by atoms with Gasteiger partial charge in [-0.15, -0.1) is 0 Å². The summed E-state index contributed by atoms with van der Waals surface area (Å²) in [5.74, 6) is 1.11. The summed E-state index contributed by atoms with van der Waals surface area (Å²) < 4.78 is 0. The van der Waals surface area contributed by atoms with Gasteiger partial charge >= 0.3 is 0 Å². The van der Waals surface area contributed by atoms with E-state index < -0.39 is 0 Å². The molecule has 0 atom stereocenters. The number of nitrogens with one attached hydrogen (secondary N) is 1. The van der Waals surface area contributed by atoms with Gasteiger partial charge < -0.3 is 5.32 Å². The Bertz CT molecular complexity index is 220. The molecule has 16 heavy (non-hydrogen) atoms. The van der Waals surface area contributed by atoms with Crippen molar-refractivity contribution in [3.05, 3.63) is 0 Å². The lowest BCUT2D eigenvalue weighted by Crippen LogP contribution is -2.45. The third kappa shape index (κ3) is 2.30. The molecule has 3 aliphatic carbocycles. The van der Waals surface area contributed by atoms with Crippen LogP contribution in [0.3, 0.4) is 0 Å². The minimum absolute atomic E-state index is 0.770. The van der Waals surface area contributed by atoms with E-state index in [2.05, 4.69) is 5.32 Å². The summed E-state index contributed by atoms with van der Waals surface area (Å²) in [6, 6.07) is 0.860. The average Bonchev–Trinajstić information content (AvgIpc) is 3.02. The maximum absolute atomic E-state index is 3.93. The second kappa shape index (κ2) is 4.68. The lowest BCUT2D eigenvalue weighted by Gasteiger charge is -2.43. The Labute approximate surface area is 100 Å². The quantitative estimate of drug-likeness (QED) is 0.710. The SMILES string of the molecule is C1CCCC(NCC2(C3CC3)CCC2)CC1. The molecule has 0 saturated heterocycles. The third-order valence-electron chi connectivity index (χ3n) is 5.39. The Hall–Kier alpha value is -0.0400. The Morgan fingerprint density at radius 2 is 1.50 bits per heavy atom. The molecular weight excluding hydrogens is 194 g/mol. The molecule has 0 heterocycles. The first-order valence-corrected chi connectivity index (χ1v) is 7.62. The summed E-state index contributed by atoms with van der Waals surface area (Å²) >= 11 is 0. The van der Waals surface area contributed by atoms with Gasteiger partial charge in [0.15, 0.2) is 0 Å². The second-order valence-electron chi connectivity index (χ2n) is 6.56. The number of rotatable bonds is 4. The van der Waals surface area contributed by atoms with E-state index in [1.807, 2.05) is 0 Å². The molecule has 3 fully saturated rings. The van der Waals surface area contributed by atoms with Crippen LogP contribution < -0.4 is 5.32 Å². The van der Waals surface area contributed by atoms with Crippen molar-refractivity contribution in [2.24, 2.45) is 11.3 Å². The molecule has 0 aromatic heterocycles. The fourth-order valence-electron chi connectivity index (χ4n) is 3.89. The Morgan fingerprint density at radius 3 is 2.00 bits per heavy atom. The molecule has 3 saturated carbocycles. The molecule has 0 bridgehead atoms. The van der Waals surface area contributed by atoms with E-state index in [0.717, 1.165) is 17.4 Å². The monoisotopic (exact) mass is 221 g/mol. The normalized spacial score (nSPS) is 30.8. The smallest absolute Gasteiger partial charge is 0.00672 e. The van der Waals surface area contributed by atoms with Gasteiger partial charge in [-0.2, -0.15) is 0 Å². The highest BCUT2D eigenvalue weighted by Gasteiger charge is 2.48. The zero-order chi connectivity index (χ0) is 10.8. The van der Waals surface area contributed by atoms with Crippen LogP contribution in [0.1, 0.15) is 70.6 Å². The van der Waals surface area contributed by atoms with Gasteiger partial charge in [0.1, 0.15) is 0 Å². The molecule has 1 nitrogen and oxygen atoms in total. The van der Waals surface area contributed by atoms with E-state index in [1.165, 1.54) is 77.2 Å². The van der Waals surface area contributed by atoms with Crippen LogP contribution in [-0.2, 0) is 0 Å². The molecule has 3 rings (SSSR count). The summed E-state index contributed by atoms with van der Waals surface area (Å²) in [5.41, 5.74) is 0.770. The van der Waals surface area contributed by atoms with Gasteiger partial charge in [0.05, 0.1) is 0 Å². The molecule has 1 heteroatoms. The molecule has 92 valence electrons. The van der Waals surface area contributed by atoms with Gasteiger partial charge in [-0.05, 0) is 49.9 Å². The van der Waals surface area contributed by atoms with Crippen molar-refractivity contribution in [2.75, 3.05) is 6.54 Å². The first kappa shape index (κ1) is 11.1. The zero-order valence-corrected chi connectivity index (χ0v) is 10.6. The van der Waals surface area contributed by atoms with Gasteiger partial charge in [0, 0.05) is 12.6 Å². The predicted molar refractivity (Wildman–Crippen MR) is 68.5 cm³/mol. The van der Waals surface area contributed by atoms with Crippen molar-refractivity contribution in [2.45, 2.75) is 76.7 Å². The fourth-order valence-corrected chi connectivity index (χ4v) is 3.89. The van der Waals surface area contributed by atoms with E-state index >= 15 is 0 Å². The molecule has 0 amide bonds. The van der Waals surface area contributed by atoms with E-state index in [4.69, 9.17) is 0 Å². The molecule has 0 radical (unpaired) electrons. The Balaban J connectivity index is 1.47. The molecule has 0 aromatic rings. The van der Waals surface area contributed by atoms with Crippen molar-refractivity contribution in [1.82, 2.24) is 5.32 Å². The highest BCUT2D eigenvalue weighted by molar-refractivity contribution is 5.01. The topological polar surface area (TPSA) is 12.0 Å². The molecule has 0 unspecified atom stereocenters. The van der Waals surface area contributed by atoms with Gasteiger partial charge in [0.25, 0.3) is 0 Å². The highest BCUT2D eigenvalue weighted by atomic mass is 14.9. The largest absolute Gasteiger partial charge is 0.313 e. The molecule has 0 spiro atoms. The first-order valence-electron chi connectivity index (χ1n) is 7.62. The molecule has 3 aliphatic rings. The van der Waals surface area contributed by atoms with E-state index in [-0.39, 0.29) is 0 Å². The number of hydrogen-bond acceptors (Lipinski definition) is 1. The van der Waals surface area contributed by atoms with Crippen LogP contribution in [0.25, 0.3) is 0 Å². The molecule has 0 aliphatic heterocycles. The Morgan fingerprint density at radius 1 is 0.812 bits per heavy atom. The predicted octanol–water partition coefficient (Wildman–Crippen LogP) is 3.88. The lowest BCUT2D eigenvalue weighted by atomic mass is 9.65. The van der Waals surface area contributed by atoms with Gasteiger partial charge in [-0.1, -0.05) is 32.1 Å². The summed E-state index contributed by atoms with van der Waals surface area (Å²) in [5, 5.41) is 3.93. The minimum Gasteiger partial charge on any atom is -0.313 e. The summed E-state index contributed by atoms with van der Waals surface area (Å²) in [6.07, 6.45) is 16.4. The second-order valence-corrected chi connectivity index (χ2v) is 6.56. The first-order chi connectivity index (χ1) is 7.89. The molecule has 0 aromatic carbocycles. The van der Waals surface area contributed by atoms with Crippen molar-refractivity contribution in [3.8, 4) is 0 Å². The fraction of sp³-hybridized carbons (Fsp3) is 1.00. The standard InChI is InChI=1S/C15H27N/c1-2-4-7-14(6-3-1)16-12-15(10-5-11-15)13-8-9-13/h13-14,16H,1-12H2. The minimum atomic E-state index is 0.770. The van der Waals surface area contributed by atoms with Gasteiger partial charge in [-0.3, -0.25) is 0 Å². The van der Waals surface area contributed by atoms with Gasteiger partial charge in [0.2, 0.25) is 0 Å². The summed E-state index contributed by atoms with van der Waals surface area (Å²) in [7, 11) is 0. The van der Waals surface area contributed by atoms with Gasteiger partial charge in [-0.25, -0.2) is 0 Å². The summed E-state index contributed by atoms with van der Waals surface area (Å²) in [6.45, 7) is 1.35. The zero-order valence-electron chi connectivity index (χ0n) is 10.6. The maximum Gasteiger partial charge on any atom is 0.00672 e. The van der Waals surface area contributed by atoms with E-state index in [9.17, 15) is 0 Å². The van der Waals surface area contributed by atoms with Crippen LogP contribution >= 0.6 is 0 Å². The molecular formula is C15H27N. The number of hydrogen-bond donors (Lipinski definition) is 1.